The summed E-state index contributed by atoms with van der Waals surface area (Å²) in [6.45, 7) is 5.35. The largest absolute Gasteiger partial charge is 0.486 e. The SMILES string of the molecule is Cc1cc(C)cc(OCc2ccc(C(=O)Nc3c(C(F)(F)F)n[nH]c3C)o2)c1. The lowest BCUT2D eigenvalue weighted by Gasteiger charge is -2.08. The minimum Gasteiger partial charge on any atom is -0.486 e. The van der Waals surface area contributed by atoms with Crippen LogP contribution >= 0.6 is 0 Å². The number of amides is 1. The van der Waals surface area contributed by atoms with E-state index in [1.165, 1.54) is 19.1 Å². The van der Waals surface area contributed by atoms with Crippen molar-refractivity contribution in [2.45, 2.75) is 33.6 Å². The molecule has 28 heavy (non-hydrogen) atoms. The first-order chi connectivity index (χ1) is 13.1. The highest BCUT2D eigenvalue weighted by Gasteiger charge is 2.38. The van der Waals surface area contributed by atoms with Crippen molar-refractivity contribution in [3.8, 4) is 5.75 Å². The van der Waals surface area contributed by atoms with Gasteiger partial charge in [0, 0.05) is 0 Å². The van der Waals surface area contributed by atoms with Gasteiger partial charge in [-0.25, -0.2) is 0 Å². The number of benzene rings is 1. The zero-order valence-electron chi connectivity index (χ0n) is 15.4. The monoisotopic (exact) mass is 393 g/mol. The van der Waals surface area contributed by atoms with Gasteiger partial charge in [0.15, 0.2) is 11.5 Å². The van der Waals surface area contributed by atoms with Crippen LogP contribution < -0.4 is 10.1 Å². The molecule has 0 unspecified atom stereocenters. The number of ether oxygens (including phenoxy) is 1. The fraction of sp³-hybridized carbons (Fsp3) is 0.263. The fourth-order valence-corrected chi connectivity index (χ4v) is 2.71. The summed E-state index contributed by atoms with van der Waals surface area (Å²) in [6.07, 6.45) is -4.69. The molecule has 2 heterocycles. The topological polar surface area (TPSA) is 80.1 Å². The number of hydrogen-bond donors (Lipinski definition) is 2. The minimum atomic E-state index is -4.69. The smallest absolute Gasteiger partial charge is 0.437 e. The average Bonchev–Trinajstić information content (AvgIpc) is 3.19. The molecule has 148 valence electrons. The molecule has 0 aliphatic heterocycles. The van der Waals surface area contributed by atoms with Crippen molar-refractivity contribution in [3.63, 3.8) is 0 Å². The summed E-state index contributed by atoms with van der Waals surface area (Å²) in [5, 5.41) is 7.62. The number of hydrogen-bond acceptors (Lipinski definition) is 4. The number of carbonyl (C=O) groups excluding carboxylic acids is 1. The Hall–Kier alpha value is -3.23. The molecule has 0 saturated heterocycles. The van der Waals surface area contributed by atoms with E-state index in [1.807, 2.05) is 32.0 Å². The molecule has 2 N–H and O–H groups in total. The van der Waals surface area contributed by atoms with Crippen LogP contribution in [0.3, 0.4) is 0 Å². The molecular weight excluding hydrogens is 375 g/mol. The Balaban J connectivity index is 1.69. The molecule has 9 heteroatoms. The summed E-state index contributed by atoms with van der Waals surface area (Å²) in [5.41, 5.74) is 0.562. The van der Waals surface area contributed by atoms with Gasteiger partial charge in [0.05, 0.1) is 11.4 Å². The molecule has 3 aromatic rings. The van der Waals surface area contributed by atoms with Crippen molar-refractivity contribution in [2.75, 3.05) is 5.32 Å². The average molecular weight is 393 g/mol. The number of nitrogens with one attached hydrogen (secondary N) is 2. The van der Waals surface area contributed by atoms with Crippen LogP contribution in [0.2, 0.25) is 0 Å². The van der Waals surface area contributed by atoms with Gasteiger partial charge in [-0.2, -0.15) is 18.3 Å². The van der Waals surface area contributed by atoms with Gasteiger partial charge >= 0.3 is 6.18 Å². The second-order valence-corrected chi connectivity index (χ2v) is 6.40. The normalized spacial score (nSPS) is 11.5. The highest BCUT2D eigenvalue weighted by Crippen LogP contribution is 2.34. The number of H-pyrrole nitrogens is 1. The van der Waals surface area contributed by atoms with E-state index in [2.05, 4.69) is 15.5 Å². The van der Waals surface area contributed by atoms with Crippen molar-refractivity contribution >= 4 is 11.6 Å². The molecule has 3 rings (SSSR count). The summed E-state index contributed by atoms with van der Waals surface area (Å²) in [5.74, 6) is 0.0772. The number of aromatic nitrogens is 2. The predicted octanol–water partition coefficient (Wildman–Crippen LogP) is 4.78. The molecule has 0 aliphatic rings. The molecule has 2 aromatic heterocycles. The molecule has 0 bridgehead atoms. The summed E-state index contributed by atoms with van der Waals surface area (Å²) in [6, 6.07) is 8.64. The third-order valence-corrected chi connectivity index (χ3v) is 3.92. The number of anilines is 1. The Labute approximate surface area is 158 Å². The Morgan fingerprint density at radius 3 is 2.50 bits per heavy atom. The van der Waals surface area contributed by atoms with Gasteiger partial charge in [-0.05, 0) is 56.2 Å². The minimum absolute atomic E-state index is 0.0781. The third-order valence-electron chi connectivity index (χ3n) is 3.92. The van der Waals surface area contributed by atoms with Gasteiger partial charge in [0.1, 0.15) is 18.1 Å². The van der Waals surface area contributed by atoms with E-state index in [0.717, 1.165) is 11.1 Å². The number of rotatable bonds is 5. The predicted molar refractivity (Wildman–Crippen MR) is 95.2 cm³/mol. The van der Waals surface area contributed by atoms with Gasteiger partial charge in [-0.3, -0.25) is 9.89 Å². The lowest BCUT2D eigenvalue weighted by molar-refractivity contribution is -0.140. The van der Waals surface area contributed by atoms with Crippen LogP contribution in [0, 0.1) is 20.8 Å². The maximum Gasteiger partial charge on any atom is 0.437 e. The van der Waals surface area contributed by atoms with Crippen LogP contribution in [0.15, 0.2) is 34.7 Å². The zero-order chi connectivity index (χ0) is 20.5. The summed E-state index contributed by atoms with van der Waals surface area (Å²) in [4.78, 5) is 12.3. The van der Waals surface area contributed by atoms with Crippen LogP contribution in [0.4, 0.5) is 18.9 Å². The van der Waals surface area contributed by atoms with Crippen molar-refractivity contribution in [1.82, 2.24) is 10.2 Å². The van der Waals surface area contributed by atoms with E-state index in [-0.39, 0.29) is 18.1 Å². The summed E-state index contributed by atoms with van der Waals surface area (Å²) in [7, 11) is 0. The molecule has 0 spiro atoms. The van der Waals surface area contributed by atoms with Gasteiger partial charge in [0.25, 0.3) is 5.91 Å². The summed E-state index contributed by atoms with van der Waals surface area (Å²) >= 11 is 0. The van der Waals surface area contributed by atoms with Crippen molar-refractivity contribution < 1.29 is 27.1 Å². The first-order valence-corrected chi connectivity index (χ1v) is 8.37. The van der Waals surface area contributed by atoms with Crippen LogP contribution in [-0.4, -0.2) is 16.1 Å². The second kappa shape index (κ2) is 7.41. The maximum atomic E-state index is 13.0. The van der Waals surface area contributed by atoms with Crippen molar-refractivity contribution in [1.29, 1.82) is 0 Å². The Morgan fingerprint density at radius 1 is 1.18 bits per heavy atom. The second-order valence-electron chi connectivity index (χ2n) is 6.40. The Morgan fingerprint density at radius 2 is 1.86 bits per heavy atom. The first-order valence-electron chi connectivity index (χ1n) is 8.37. The van der Waals surface area contributed by atoms with E-state index in [9.17, 15) is 18.0 Å². The van der Waals surface area contributed by atoms with E-state index < -0.39 is 23.5 Å². The molecule has 0 atom stereocenters. The van der Waals surface area contributed by atoms with Crippen molar-refractivity contribution in [3.05, 3.63) is 64.4 Å². The van der Waals surface area contributed by atoms with E-state index >= 15 is 0 Å². The molecular formula is C19H18F3N3O3. The lowest BCUT2D eigenvalue weighted by atomic mass is 10.1. The van der Waals surface area contributed by atoms with Gasteiger partial charge in [0.2, 0.25) is 0 Å². The van der Waals surface area contributed by atoms with E-state index in [0.29, 0.717) is 11.5 Å². The zero-order valence-corrected chi connectivity index (χ0v) is 15.4. The number of alkyl halides is 3. The number of halogens is 3. The quantitative estimate of drug-likeness (QED) is 0.654. The molecule has 0 fully saturated rings. The van der Waals surface area contributed by atoms with Crippen LogP contribution in [-0.2, 0) is 12.8 Å². The van der Waals surface area contributed by atoms with E-state index in [1.54, 1.807) is 0 Å². The molecule has 0 saturated carbocycles. The van der Waals surface area contributed by atoms with Crippen LogP contribution in [0.25, 0.3) is 0 Å². The highest BCUT2D eigenvalue weighted by atomic mass is 19.4. The maximum absolute atomic E-state index is 13.0. The molecule has 0 aliphatic carbocycles. The number of furan rings is 1. The number of aromatic amines is 1. The van der Waals surface area contributed by atoms with Gasteiger partial charge in [-0.15, -0.1) is 0 Å². The third kappa shape index (κ3) is 4.36. The number of carbonyl (C=O) groups is 1. The fourth-order valence-electron chi connectivity index (χ4n) is 2.71. The Kier molecular flexibility index (Phi) is 5.17. The summed E-state index contributed by atoms with van der Waals surface area (Å²) < 4.78 is 49.9. The number of nitrogens with zero attached hydrogens (tertiary/aromatic N) is 1. The van der Waals surface area contributed by atoms with Crippen LogP contribution in [0.1, 0.15) is 38.8 Å². The Bertz CT molecular complexity index is 985. The molecule has 1 amide bonds. The number of aryl methyl sites for hydroxylation is 3. The molecule has 0 radical (unpaired) electrons. The lowest BCUT2D eigenvalue weighted by Crippen LogP contribution is -2.16. The van der Waals surface area contributed by atoms with Gasteiger partial charge in [-0.1, -0.05) is 6.07 Å². The highest BCUT2D eigenvalue weighted by molar-refractivity contribution is 6.03. The molecule has 1 aromatic carbocycles. The standard InChI is InChI=1S/C19H18F3N3O3/c1-10-6-11(2)8-14(7-10)27-9-13-4-5-15(28-13)18(26)23-16-12(3)24-25-17(16)19(20,21)22/h4-8H,9H2,1-3H3,(H,23,26)(H,24,25). The van der Waals surface area contributed by atoms with Crippen molar-refractivity contribution in [2.24, 2.45) is 0 Å². The molecule has 6 nitrogen and oxygen atoms in total. The first kappa shape index (κ1) is 19.5. The van der Waals surface area contributed by atoms with Crippen LogP contribution in [0.5, 0.6) is 5.75 Å². The van der Waals surface area contributed by atoms with E-state index in [4.69, 9.17) is 9.15 Å². The van der Waals surface area contributed by atoms with Gasteiger partial charge < -0.3 is 14.5 Å².